The molecule has 0 unspecified atom stereocenters. The van der Waals surface area contributed by atoms with Crippen LogP contribution >= 0.6 is 11.8 Å². The highest BCUT2D eigenvalue weighted by molar-refractivity contribution is 7.98. The lowest BCUT2D eigenvalue weighted by Gasteiger charge is -2.07. The summed E-state index contributed by atoms with van der Waals surface area (Å²) in [5.74, 6) is -0.0949. The molecule has 0 spiro atoms. The molecule has 2 aromatic carbocycles. The van der Waals surface area contributed by atoms with Crippen molar-refractivity contribution in [3.05, 3.63) is 59.0 Å². The monoisotopic (exact) mass is 369 g/mol. The van der Waals surface area contributed by atoms with E-state index in [4.69, 9.17) is 0 Å². The van der Waals surface area contributed by atoms with E-state index in [0.29, 0.717) is 13.1 Å². The van der Waals surface area contributed by atoms with Crippen LogP contribution in [0.1, 0.15) is 19.8 Å². The number of anilines is 1. The zero-order valence-electron chi connectivity index (χ0n) is 15.1. The number of hydrogen-bond acceptors (Lipinski definition) is 3. The van der Waals surface area contributed by atoms with E-state index in [0.717, 1.165) is 28.0 Å². The van der Waals surface area contributed by atoms with E-state index in [-0.39, 0.29) is 18.0 Å². The first kappa shape index (κ1) is 18.3. The van der Waals surface area contributed by atoms with Crippen molar-refractivity contribution in [2.45, 2.75) is 37.8 Å². The van der Waals surface area contributed by atoms with Gasteiger partial charge in [0.15, 0.2) is 0 Å². The number of aryl methyl sites for hydroxylation is 2. The van der Waals surface area contributed by atoms with Crippen molar-refractivity contribution < 1.29 is 4.79 Å². The maximum Gasteiger partial charge on any atom is 0.329 e. The van der Waals surface area contributed by atoms with E-state index in [1.54, 1.807) is 20.9 Å². The molecule has 3 rings (SSSR count). The molecule has 1 heterocycles. The minimum absolute atomic E-state index is 0.0507. The second-order valence-corrected chi connectivity index (χ2v) is 6.98. The molecule has 5 nitrogen and oxygen atoms in total. The predicted molar refractivity (Wildman–Crippen MR) is 108 cm³/mol. The second-order valence-electron chi connectivity index (χ2n) is 6.10. The third-order valence-electron chi connectivity index (χ3n) is 4.29. The highest BCUT2D eigenvalue weighted by atomic mass is 32.2. The Bertz CT molecular complexity index is 975. The number of fused-ring (bicyclic) bond motifs is 1. The number of aromatic nitrogens is 2. The average Bonchev–Trinajstić information content (AvgIpc) is 2.92. The molecule has 0 radical (unpaired) electrons. The van der Waals surface area contributed by atoms with Gasteiger partial charge < -0.3 is 5.32 Å². The van der Waals surface area contributed by atoms with Crippen molar-refractivity contribution in [3.8, 4) is 0 Å². The second kappa shape index (κ2) is 8.27. The summed E-state index contributed by atoms with van der Waals surface area (Å²) in [6.07, 6.45) is 3.14. The molecule has 0 saturated carbocycles. The summed E-state index contributed by atoms with van der Waals surface area (Å²) in [5.41, 5.74) is 2.53. The number of nitrogens with zero attached hydrogens (tertiary/aromatic N) is 2. The molecule has 0 atom stereocenters. The van der Waals surface area contributed by atoms with Crippen molar-refractivity contribution in [2.75, 3.05) is 11.6 Å². The first-order valence-corrected chi connectivity index (χ1v) is 9.98. The summed E-state index contributed by atoms with van der Waals surface area (Å²) in [6.45, 7) is 3.10. The van der Waals surface area contributed by atoms with Crippen LogP contribution in [0, 0.1) is 0 Å². The average molecular weight is 369 g/mol. The molecule has 0 saturated heterocycles. The van der Waals surface area contributed by atoms with Crippen molar-refractivity contribution in [1.82, 2.24) is 9.13 Å². The Labute approximate surface area is 157 Å². The lowest BCUT2D eigenvalue weighted by Crippen LogP contribution is -2.26. The molecule has 1 N–H and O–H groups in total. The maximum atomic E-state index is 12.7. The Balaban J connectivity index is 1.76. The molecule has 1 amide bonds. The highest BCUT2D eigenvalue weighted by Gasteiger charge is 2.13. The van der Waals surface area contributed by atoms with Crippen molar-refractivity contribution in [1.29, 1.82) is 0 Å². The van der Waals surface area contributed by atoms with Crippen molar-refractivity contribution in [3.63, 3.8) is 0 Å². The van der Waals surface area contributed by atoms with Crippen LogP contribution in [0.25, 0.3) is 11.0 Å². The molecule has 1 aromatic heterocycles. The molecule has 0 aliphatic carbocycles. The summed E-state index contributed by atoms with van der Waals surface area (Å²) in [4.78, 5) is 26.1. The molecule has 0 fully saturated rings. The van der Waals surface area contributed by atoms with Crippen molar-refractivity contribution in [2.24, 2.45) is 0 Å². The Hall–Kier alpha value is -2.47. The topological polar surface area (TPSA) is 56.0 Å². The van der Waals surface area contributed by atoms with Gasteiger partial charge in [-0.2, -0.15) is 0 Å². The number of para-hydroxylation sites is 2. The van der Waals surface area contributed by atoms with Gasteiger partial charge in [-0.3, -0.25) is 13.9 Å². The van der Waals surface area contributed by atoms with Crippen LogP contribution < -0.4 is 11.0 Å². The first-order valence-electron chi connectivity index (χ1n) is 8.76. The molecule has 6 heteroatoms. The quantitative estimate of drug-likeness (QED) is 0.641. The van der Waals surface area contributed by atoms with Crippen LogP contribution in [0.15, 0.2) is 58.2 Å². The van der Waals surface area contributed by atoms with E-state index >= 15 is 0 Å². The molecular weight excluding hydrogens is 346 g/mol. The summed E-state index contributed by atoms with van der Waals surface area (Å²) < 4.78 is 3.48. The minimum Gasteiger partial charge on any atom is -0.326 e. The third-order valence-corrected chi connectivity index (χ3v) is 5.01. The number of imidazole rings is 1. The van der Waals surface area contributed by atoms with Crippen LogP contribution in [-0.4, -0.2) is 21.3 Å². The fourth-order valence-electron chi connectivity index (χ4n) is 3.07. The number of carbonyl (C=O) groups excluding carboxylic acids is 1. The Morgan fingerprint density at radius 3 is 2.38 bits per heavy atom. The van der Waals surface area contributed by atoms with Crippen LogP contribution in [0.5, 0.6) is 0 Å². The van der Waals surface area contributed by atoms with Gasteiger partial charge in [-0.25, -0.2) is 4.79 Å². The molecule has 0 aliphatic heterocycles. The third kappa shape index (κ3) is 3.85. The lowest BCUT2D eigenvalue weighted by molar-refractivity contribution is -0.116. The standard InChI is InChI=1S/C20H23N3O2S/c1-3-12-22-17-9-4-5-10-18(17)23(20(22)25)13-11-19(24)21-15-7-6-8-16(14-15)26-2/h4-10,14H,3,11-13H2,1-2H3,(H,21,24). The summed E-state index contributed by atoms with van der Waals surface area (Å²) in [5, 5.41) is 2.91. The summed E-state index contributed by atoms with van der Waals surface area (Å²) in [7, 11) is 0. The van der Waals surface area contributed by atoms with Crippen LogP contribution in [0.3, 0.4) is 0 Å². The number of thioether (sulfide) groups is 1. The normalized spacial score (nSPS) is 11.0. The van der Waals surface area contributed by atoms with Gasteiger partial charge in [0, 0.05) is 30.1 Å². The number of amides is 1. The van der Waals surface area contributed by atoms with Crippen LogP contribution in [-0.2, 0) is 17.9 Å². The van der Waals surface area contributed by atoms with Gasteiger partial charge in [-0.05, 0) is 43.0 Å². The van der Waals surface area contributed by atoms with Gasteiger partial charge in [0.05, 0.1) is 11.0 Å². The van der Waals surface area contributed by atoms with Gasteiger partial charge in [0.1, 0.15) is 0 Å². The fourth-order valence-corrected chi connectivity index (χ4v) is 3.53. The van der Waals surface area contributed by atoms with Gasteiger partial charge in [-0.1, -0.05) is 25.1 Å². The minimum atomic E-state index is -0.0949. The molecule has 3 aromatic rings. The molecular formula is C20H23N3O2S. The Morgan fingerprint density at radius 1 is 1.04 bits per heavy atom. The van der Waals surface area contributed by atoms with E-state index in [1.165, 1.54) is 0 Å². The molecule has 0 aliphatic rings. The SMILES string of the molecule is CCCn1c(=O)n(CCC(=O)Nc2cccc(SC)c2)c2ccccc21. The maximum absolute atomic E-state index is 12.7. The predicted octanol–water partition coefficient (Wildman–Crippen LogP) is 3.96. The van der Waals surface area contributed by atoms with Gasteiger partial charge in [-0.15, -0.1) is 11.8 Å². The van der Waals surface area contributed by atoms with Crippen molar-refractivity contribution >= 4 is 34.4 Å². The fraction of sp³-hybridized carbons (Fsp3) is 0.300. The number of benzene rings is 2. The van der Waals surface area contributed by atoms with E-state index in [1.807, 2.05) is 54.8 Å². The van der Waals surface area contributed by atoms with Gasteiger partial charge in [0.25, 0.3) is 0 Å². The number of nitrogens with one attached hydrogen (secondary N) is 1. The lowest BCUT2D eigenvalue weighted by atomic mass is 10.3. The highest BCUT2D eigenvalue weighted by Crippen LogP contribution is 2.19. The Kier molecular flexibility index (Phi) is 5.83. The van der Waals surface area contributed by atoms with Crippen LogP contribution in [0.4, 0.5) is 5.69 Å². The van der Waals surface area contributed by atoms with E-state index < -0.39 is 0 Å². The van der Waals surface area contributed by atoms with E-state index in [9.17, 15) is 9.59 Å². The first-order chi connectivity index (χ1) is 12.6. The van der Waals surface area contributed by atoms with E-state index in [2.05, 4.69) is 12.2 Å². The molecule has 0 bridgehead atoms. The molecule has 26 heavy (non-hydrogen) atoms. The largest absolute Gasteiger partial charge is 0.329 e. The van der Waals surface area contributed by atoms with Gasteiger partial charge >= 0.3 is 5.69 Å². The smallest absolute Gasteiger partial charge is 0.326 e. The Morgan fingerprint density at radius 2 is 1.73 bits per heavy atom. The number of rotatable bonds is 7. The zero-order valence-corrected chi connectivity index (χ0v) is 15.9. The van der Waals surface area contributed by atoms with Gasteiger partial charge in [0.2, 0.25) is 5.91 Å². The number of carbonyl (C=O) groups is 1. The summed E-state index contributed by atoms with van der Waals surface area (Å²) >= 11 is 1.63. The zero-order chi connectivity index (χ0) is 18.5. The molecule has 136 valence electrons. The van der Waals surface area contributed by atoms with Crippen LogP contribution in [0.2, 0.25) is 0 Å². The number of hydrogen-bond donors (Lipinski definition) is 1. The summed E-state index contributed by atoms with van der Waals surface area (Å²) in [6, 6.07) is 15.5.